The van der Waals surface area contributed by atoms with Crippen molar-refractivity contribution >= 4 is 5.65 Å². The van der Waals surface area contributed by atoms with Crippen LogP contribution in [0.3, 0.4) is 0 Å². The lowest BCUT2D eigenvalue weighted by Gasteiger charge is -2.01. The molecular formula is C11H14N2O2. The molecule has 0 atom stereocenters. The standard InChI is InChI=1S/C11H14N2O2/c1-8-10(5-6-14)12-11-4-3-9(15-2)7-13(8)11/h3-4,7,14H,5-6H2,1-2H3. The van der Waals surface area contributed by atoms with Crippen LogP contribution in [0.4, 0.5) is 0 Å². The predicted molar refractivity (Wildman–Crippen MR) is 57.3 cm³/mol. The summed E-state index contributed by atoms with van der Waals surface area (Å²) in [6.07, 6.45) is 2.49. The van der Waals surface area contributed by atoms with Gasteiger partial charge >= 0.3 is 0 Å². The SMILES string of the molecule is COc1ccc2nc(CCO)c(C)n2c1. The number of methoxy groups -OCH3 is 1. The molecule has 0 aromatic carbocycles. The van der Waals surface area contributed by atoms with E-state index < -0.39 is 0 Å². The van der Waals surface area contributed by atoms with Crippen LogP contribution in [0.1, 0.15) is 11.4 Å². The Bertz CT molecular complexity index is 477. The highest BCUT2D eigenvalue weighted by Gasteiger charge is 2.07. The summed E-state index contributed by atoms with van der Waals surface area (Å²) in [6.45, 7) is 2.12. The third-order valence-electron chi connectivity index (χ3n) is 2.51. The van der Waals surface area contributed by atoms with Gasteiger partial charge in [-0.05, 0) is 19.1 Å². The molecule has 15 heavy (non-hydrogen) atoms. The maximum atomic E-state index is 8.90. The molecule has 0 unspecified atom stereocenters. The summed E-state index contributed by atoms with van der Waals surface area (Å²) in [5.41, 5.74) is 2.88. The summed E-state index contributed by atoms with van der Waals surface area (Å²) >= 11 is 0. The van der Waals surface area contributed by atoms with E-state index in [0.717, 1.165) is 22.8 Å². The molecule has 0 saturated heterocycles. The molecule has 0 aliphatic heterocycles. The van der Waals surface area contributed by atoms with Gasteiger partial charge in [0, 0.05) is 18.7 Å². The minimum absolute atomic E-state index is 0.127. The van der Waals surface area contributed by atoms with Gasteiger partial charge in [0.1, 0.15) is 11.4 Å². The first-order valence-electron chi connectivity index (χ1n) is 4.88. The van der Waals surface area contributed by atoms with E-state index in [9.17, 15) is 0 Å². The van der Waals surface area contributed by atoms with Gasteiger partial charge in [-0.2, -0.15) is 0 Å². The van der Waals surface area contributed by atoms with Crippen LogP contribution in [0.2, 0.25) is 0 Å². The average Bonchev–Trinajstić information content (AvgIpc) is 2.56. The van der Waals surface area contributed by atoms with Crippen molar-refractivity contribution in [2.45, 2.75) is 13.3 Å². The van der Waals surface area contributed by atoms with Crippen LogP contribution in [-0.4, -0.2) is 28.2 Å². The Morgan fingerprint density at radius 1 is 1.47 bits per heavy atom. The number of fused-ring (bicyclic) bond motifs is 1. The Hall–Kier alpha value is -1.55. The van der Waals surface area contributed by atoms with Crippen molar-refractivity contribution in [1.29, 1.82) is 0 Å². The van der Waals surface area contributed by atoms with Crippen molar-refractivity contribution in [3.63, 3.8) is 0 Å². The molecule has 0 fully saturated rings. The normalized spacial score (nSPS) is 10.9. The van der Waals surface area contributed by atoms with E-state index in [2.05, 4.69) is 4.98 Å². The molecule has 0 bridgehead atoms. The number of hydrogen-bond acceptors (Lipinski definition) is 3. The smallest absolute Gasteiger partial charge is 0.137 e. The fourth-order valence-electron chi connectivity index (χ4n) is 1.65. The third kappa shape index (κ3) is 1.68. The number of aliphatic hydroxyl groups excluding tert-OH is 1. The second kappa shape index (κ2) is 3.90. The molecule has 0 aliphatic carbocycles. The fourth-order valence-corrected chi connectivity index (χ4v) is 1.65. The molecule has 0 amide bonds. The van der Waals surface area contributed by atoms with Crippen LogP contribution in [0.25, 0.3) is 5.65 Å². The number of aryl methyl sites for hydroxylation is 1. The predicted octanol–water partition coefficient (Wildman–Crippen LogP) is 1.19. The van der Waals surface area contributed by atoms with Crippen molar-refractivity contribution in [2.75, 3.05) is 13.7 Å². The van der Waals surface area contributed by atoms with Gasteiger partial charge in [0.2, 0.25) is 0 Å². The molecule has 2 aromatic heterocycles. The highest BCUT2D eigenvalue weighted by Crippen LogP contribution is 2.17. The van der Waals surface area contributed by atoms with Gasteiger partial charge in [-0.25, -0.2) is 4.98 Å². The lowest BCUT2D eigenvalue weighted by atomic mass is 10.3. The Kier molecular flexibility index (Phi) is 2.60. The summed E-state index contributed by atoms with van der Waals surface area (Å²) in [4.78, 5) is 4.42. The first-order chi connectivity index (χ1) is 7.26. The minimum atomic E-state index is 0.127. The third-order valence-corrected chi connectivity index (χ3v) is 2.51. The Labute approximate surface area is 88.1 Å². The molecular weight excluding hydrogens is 192 g/mol. The molecule has 1 N–H and O–H groups in total. The molecule has 0 saturated carbocycles. The number of aromatic nitrogens is 2. The van der Waals surface area contributed by atoms with Crippen LogP contribution in [0.5, 0.6) is 5.75 Å². The zero-order valence-corrected chi connectivity index (χ0v) is 8.90. The minimum Gasteiger partial charge on any atom is -0.495 e. The number of pyridine rings is 1. The number of aliphatic hydroxyl groups is 1. The first-order valence-corrected chi connectivity index (χ1v) is 4.88. The quantitative estimate of drug-likeness (QED) is 0.820. The van der Waals surface area contributed by atoms with Crippen LogP contribution in [0, 0.1) is 6.92 Å². The molecule has 4 nitrogen and oxygen atoms in total. The maximum Gasteiger partial charge on any atom is 0.137 e. The molecule has 0 spiro atoms. The second-order valence-corrected chi connectivity index (χ2v) is 3.41. The van der Waals surface area contributed by atoms with Crippen molar-refractivity contribution < 1.29 is 9.84 Å². The van der Waals surface area contributed by atoms with Crippen molar-refractivity contribution in [1.82, 2.24) is 9.38 Å². The van der Waals surface area contributed by atoms with Gasteiger partial charge in [-0.15, -0.1) is 0 Å². The Morgan fingerprint density at radius 2 is 2.27 bits per heavy atom. The Morgan fingerprint density at radius 3 is 2.93 bits per heavy atom. The molecule has 0 aliphatic rings. The monoisotopic (exact) mass is 206 g/mol. The van der Waals surface area contributed by atoms with E-state index >= 15 is 0 Å². The average molecular weight is 206 g/mol. The van der Waals surface area contributed by atoms with E-state index in [1.165, 1.54) is 0 Å². The summed E-state index contributed by atoms with van der Waals surface area (Å²) in [7, 11) is 1.64. The van der Waals surface area contributed by atoms with E-state index in [0.29, 0.717) is 6.42 Å². The number of hydrogen-bond donors (Lipinski definition) is 1. The van der Waals surface area contributed by atoms with Gasteiger partial charge < -0.3 is 14.2 Å². The molecule has 80 valence electrons. The van der Waals surface area contributed by atoms with Crippen LogP contribution >= 0.6 is 0 Å². The first kappa shape index (κ1) is 9.98. The van der Waals surface area contributed by atoms with Gasteiger partial charge in [-0.1, -0.05) is 0 Å². The lowest BCUT2D eigenvalue weighted by molar-refractivity contribution is 0.298. The van der Waals surface area contributed by atoms with Crippen molar-refractivity contribution in [3.05, 3.63) is 29.7 Å². The molecule has 4 heteroatoms. The molecule has 2 rings (SSSR count). The zero-order valence-electron chi connectivity index (χ0n) is 8.90. The number of nitrogens with zero attached hydrogens (tertiary/aromatic N) is 2. The summed E-state index contributed by atoms with van der Waals surface area (Å²) < 4.78 is 7.12. The summed E-state index contributed by atoms with van der Waals surface area (Å²) in [6, 6.07) is 3.79. The van der Waals surface area contributed by atoms with Crippen molar-refractivity contribution in [3.8, 4) is 5.75 Å². The largest absolute Gasteiger partial charge is 0.495 e. The van der Waals surface area contributed by atoms with Gasteiger partial charge in [0.05, 0.1) is 19.0 Å². The van der Waals surface area contributed by atoms with Crippen LogP contribution in [-0.2, 0) is 6.42 Å². The summed E-state index contributed by atoms with van der Waals surface area (Å²) in [5, 5.41) is 8.90. The van der Waals surface area contributed by atoms with Gasteiger partial charge in [0.25, 0.3) is 0 Å². The zero-order chi connectivity index (χ0) is 10.8. The Balaban J connectivity index is 2.56. The highest BCUT2D eigenvalue weighted by molar-refractivity contribution is 5.45. The molecule has 0 radical (unpaired) electrons. The fraction of sp³-hybridized carbons (Fsp3) is 0.364. The number of imidazole rings is 1. The lowest BCUT2D eigenvalue weighted by Crippen LogP contribution is -1.94. The summed E-state index contributed by atoms with van der Waals surface area (Å²) in [5.74, 6) is 0.804. The second-order valence-electron chi connectivity index (χ2n) is 3.41. The number of rotatable bonds is 3. The van der Waals surface area contributed by atoms with E-state index in [4.69, 9.17) is 9.84 Å². The van der Waals surface area contributed by atoms with Gasteiger partial charge in [0.15, 0.2) is 0 Å². The van der Waals surface area contributed by atoms with Gasteiger partial charge in [-0.3, -0.25) is 0 Å². The van der Waals surface area contributed by atoms with E-state index in [-0.39, 0.29) is 6.61 Å². The van der Waals surface area contributed by atoms with Crippen molar-refractivity contribution in [2.24, 2.45) is 0 Å². The molecule has 2 heterocycles. The highest BCUT2D eigenvalue weighted by atomic mass is 16.5. The van der Waals surface area contributed by atoms with Crippen LogP contribution < -0.4 is 4.74 Å². The number of ether oxygens (including phenoxy) is 1. The maximum absolute atomic E-state index is 8.90. The van der Waals surface area contributed by atoms with Crippen LogP contribution in [0.15, 0.2) is 18.3 Å². The van der Waals surface area contributed by atoms with E-state index in [1.807, 2.05) is 29.7 Å². The molecule has 2 aromatic rings. The van der Waals surface area contributed by atoms with E-state index in [1.54, 1.807) is 7.11 Å². The topological polar surface area (TPSA) is 46.8 Å².